The summed E-state index contributed by atoms with van der Waals surface area (Å²) in [4.78, 5) is 17.0. The van der Waals surface area contributed by atoms with Crippen LogP contribution in [0.4, 0.5) is 0 Å². The minimum absolute atomic E-state index is 0. The fourth-order valence-corrected chi connectivity index (χ4v) is 0. The molecular formula is CKNO3Si-2. The molecule has 0 atom stereocenters. The largest absolute Gasteiger partial charge is 1.00 e. The minimum Gasteiger partial charge on any atom is -0.672 e. The van der Waals surface area contributed by atoms with Crippen LogP contribution in [-0.2, 0) is 4.46 Å². The van der Waals surface area contributed by atoms with Crippen LogP contribution in [0.2, 0.25) is 0 Å². The molecule has 0 saturated heterocycles. The van der Waals surface area contributed by atoms with Crippen molar-refractivity contribution in [2.45, 2.75) is 0 Å². The van der Waals surface area contributed by atoms with Gasteiger partial charge in [-0.15, -0.1) is 0 Å². The number of nitrogens with zero attached hydrogens (tertiary/aromatic N) is 1. The maximum Gasteiger partial charge on any atom is 1.00 e. The summed E-state index contributed by atoms with van der Waals surface area (Å²) >= 11 is 0. The van der Waals surface area contributed by atoms with Gasteiger partial charge in [0.1, 0.15) is 0 Å². The first-order chi connectivity index (χ1) is 2.73. The molecule has 0 amide bonds. The summed E-state index contributed by atoms with van der Waals surface area (Å²) < 4.78 is 8.52. The molecular weight excluding hydrogens is 141 g/mol. The van der Waals surface area contributed by atoms with Gasteiger partial charge in [0.15, 0.2) is 0 Å². The van der Waals surface area contributed by atoms with Crippen LogP contribution in [0.1, 0.15) is 0 Å². The van der Waals surface area contributed by atoms with Crippen LogP contribution in [0.5, 0.6) is 0 Å². The van der Waals surface area contributed by atoms with Crippen LogP contribution in [-0.4, -0.2) is 9.17 Å². The second-order valence-corrected chi connectivity index (χ2v) is 0.750. The van der Waals surface area contributed by atoms with Crippen molar-refractivity contribution in [1.29, 1.82) is 5.26 Å². The topological polar surface area (TPSA) is 87.0 Å². The summed E-state index contributed by atoms with van der Waals surface area (Å²) in [5.41, 5.74) is 0. The summed E-state index contributed by atoms with van der Waals surface area (Å²) in [7, 11) is -3.63. The van der Waals surface area contributed by atoms with Gasteiger partial charge in [0.25, 0.3) is 0 Å². The van der Waals surface area contributed by atoms with E-state index in [0.29, 0.717) is 0 Å². The normalized spacial score (nSPS) is 3.71. The van der Waals surface area contributed by atoms with Crippen molar-refractivity contribution < 1.29 is 65.4 Å². The van der Waals surface area contributed by atoms with Gasteiger partial charge in [0, 0.05) is 9.17 Å². The van der Waals surface area contributed by atoms with Gasteiger partial charge in [-0.05, 0) is 0 Å². The van der Waals surface area contributed by atoms with Gasteiger partial charge in [-0.2, -0.15) is 0 Å². The Hall–Kier alpha value is 0.743. The molecule has 0 unspecified atom stereocenters. The first kappa shape index (κ1) is 15.6. The first-order valence-corrected chi connectivity index (χ1v) is 2.06. The Morgan fingerprint density at radius 2 is 1.43 bits per heavy atom. The molecule has 0 aromatic heterocycles. The molecule has 0 aliphatic carbocycles. The monoisotopic (exact) mass is 141 g/mol. The molecule has 0 fully saturated rings. The quantitative estimate of drug-likeness (QED) is 0.248. The van der Waals surface area contributed by atoms with Crippen molar-refractivity contribution in [3.63, 3.8) is 0 Å². The van der Waals surface area contributed by atoms with Gasteiger partial charge in [0.2, 0.25) is 0 Å². The Morgan fingerprint density at radius 3 is 1.43 bits per heavy atom. The molecule has 0 aromatic carbocycles. The Labute approximate surface area is 85.1 Å². The summed E-state index contributed by atoms with van der Waals surface area (Å²) in [6.07, 6.45) is 0. The van der Waals surface area contributed by atoms with E-state index < -0.39 is 9.17 Å². The van der Waals surface area contributed by atoms with E-state index in [0.717, 1.165) is 0 Å². The number of rotatable bonds is 0. The number of hydrogen-bond acceptors (Lipinski definition) is 4. The van der Waals surface area contributed by atoms with E-state index in [9.17, 15) is 0 Å². The summed E-state index contributed by atoms with van der Waals surface area (Å²) in [6.45, 7) is 4.75. The molecule has 7 heavy (non-hydrogen) atoms. The van der Waals surface area contributed by atoms with E-state index in [-0.39, 0.29) is 51.4 Å². The Morgan fingerprint density at radius 1 is 1.43 bits per heavy atom. The van der Waals surface area contributed by atoms with Gasteiger partial charge in [0.05, 0.1) is 0 Å². The smallest absolute Gasteiger partial charge is 0.672 e. The summed E-state index contributed by atoms with van der Waals surface area (Å²) in [5, 5.41) is 6.25. The van der Waals surface area contributed by atoms with E-state index in [1.165, 1.54) is 0 Å². The Kier molecular flexibility index (Phi) is 35.5. The first-order valence-electron chi connectivity index (χ1n) is 0.836. The van der Waals surface area contributed by atoms with E-state index in [2.05, 4.69) is 0 Å². The maximum atomic E-state index is 8.52. The van der Waals surface area contributed by atoms with Crippen molar-refractivity contribution >= 4 is 9.17 Å². The zero-order valence-electron chi connectivity index (χ0n) is 3.67. The van der Waals surface area contributed by atoms with Crippen LogP contribution in [0.25, 0.3) is 0 Å². The molecule has 0 aliphatic rings. The van der Waals surface area contributed by atoms with Gasteiger partial charge in [-0.3, -0.25) is 0 Å². The molecule has 0 N–H and O–H groups in total. The molecule has 0 aliphatic heterocycles. The van der Waals surface area contributed by atoms with Crippen LogP contribution in [0.3, 0.4) is 0 Å². The van der Waals surface area contributed by atoms with Crippen molar-refractivity contribution in [3.8, 4) is 0 Å². The average Bonchev–Trinajstić information content (AvgIpc) is 1.41. The molecule has 0 saturated carbocycles. The van der Waals surface area contributed by atoms with Crippen molar-refractivity contribution in [2.75, 3.05) is 0 Å². The van der Waals surface area contributed by atoms with E-state index >= 15 is 0 Å². The second-order valence-electron chi connectivity index (χ2n) is 0.250. The van der Waals surface area contributed by atoms with E-state index in [1.807, 2.05) is 0 Å². The fourth-order valence-electron chi connectivity index (χ4n) is 0. The standard InChI is InChI=1S/CN.K.O3Si/c1-2;;1-4(2)3/q-1;+1;-2. The van der Waals surface area contributed by atoms with E-state index in [4.69, 9.17) is 25.9 Å². The molecule has 0 aromatic rings. The zero-order chi connectivity index (χ0) is 5.58. The van der Waals surface area contributed by atoms with Gasteiger partial charge in [-0.1, -0.05) is 0 Å². The Bertz CT molecular complexity index is 59.2. The number of hydrogen-bond donors (Lipinski definition) is 0. The second kappa shape index (κ2) is 15.9. The Balaban J connectivity index is -0.0000000480. The molecule has 0 spiro atoms. The molecule has 0 rings (SSSR count). The van der Waals surface area contributed by atoms with Crippen LogP contribution in [0.15, 0.2) is 0 Å². The molecule has 0 bridgehead atoms. The van der Waals surface area contributed by atoms with Gasteiger partial charge in [-0.25, -0.2) is 0 Å². The SMILES string of the molecule is O=[Si]([O-])[O-].[C-]#N.[K+]. The predicted octanol–water partition coefficient (Wildman–Crippen LogP) is -5.78. The molecule has 0 heterocycles. The maximum absolute atomic E-state index is 8.52. The molecule has 0 radical (unpaired) electrons. The summed E-state index contributed by atoms with van der Waals surface area (Å²) in [6, 6.07) is 0. The van der Waals surface area contributed by atoms with Crippen LogP contribution >= 0.6 is 0 Å². The van der Waals surface area contributed by atoms with Crippen molar-refractivity contribution in [2.24, 2.45) is 0 Å². The fraction of sp³-hybridized carbons (Fsp3) is 0. The summed E-state index contributed by atoms with van der Waals surface area (Å²) in [5.74, 6) is 0. The van der Waals surface area contributed by atoms with Crippen LogP contribution < -0.4 is 61.0 Å². The zero-order valence-corrected chi connectivity index (χ0v) is 7.80. The van der Waals surface area contributed by atoms with E-state index in [1.54, 1.807) is 0 Å². The third-order valence-electron chi connectivity index (χ3n) is 0. The third kappa shape index (κ3) is 275. The molecule has 34 valence electrons. The van der Waals surface area contributed by atoms with Crippen molar-refractivity contribution in [3.05, 3.63) is 6.57 Å². The predicted molar refractivity (Wildman–Crippen MR) is 11.4 cm³/mol. The average molecular weight is 141 g/mol. The molecule has 6 heteroatoms. The van der Waals surface area contributed by atoms with Gasteiger partial charge < -0.3 is 25.9 Å². The van der Waals surface area contributed by atoms with Crippen LogP contribution in [0, 0.1) is 11.8 Å². The third-order valence-corrected chi connectivity index (χ3v) is 0. The minimum atomic E-state index is -3.63. The molecule has 4 nitrogen and oxygen atoms in total. The van der Waals surface area contributed by atoms with Gasteiger partial charge >= 0.3 is 51.4 Å². The van der Waals surface area contributed by atoms with Crippen molar-refractivity contribution in [1.82, 2.24) is 0 Å².